The first-order valence-corrected chi connectivity index (χ1v) is 5.74. The molecule has 0 aliphatic carbocycles. The number of nitro benzene ring substituents is 1. The minimum Gasteiger partial charge on any atom is -0.280 e. The van der Waals surface area contributed by atoms with E-state index in [9.17, 15) is 14.9 Å². The Balaban J connectivity index is 1.97. The van der Waals surface area contributed by atoms with Crippen LogP contribution in [0, 0.1) is 10.1 Å². The Bertz CT molecular complexity index is 630. The molecule has 2 rings (SSSR count). The van der Waals surface area contributed by atoms with Gasteiger partial charge in [0.05, 0.1) is 4.92 Å². The normalized spacial score (nSPS) is 9.85. The van der Waals surface area contributed by atoms with Gasteiger partial charge in [0.2, 0.25) is 0 Å². The number of hydrazine groups is 1. The van der Waals surface area contributed by atoms with Gasteiger partial charge in [-0.1, -0.05) is 11.6 Å². The molecule has 0 radical (unpaired) electrons. The average molecular weight is 294 g/mol. The molecule has 0 aliphatic heterocycles. The van der Waals surface area contributed by atoms with Gasteiger partial charge >= 0.3 is 0 Å². The summed E-state index contributed by atoms with van der Waals surface area (Å²) in [5.41, 5.74) is 5.10. The summed E-state index contributed by atoms with van der Waals surface area (Å²) in [5.74, 6) is -0.152. The zero-order valence-corrected chi connectivity index (χ0v) is 10.7. The molecule has 0 bridgehead atoms. The van der Waals surface area contributed by atoms with Crippen LogP contribution in [0.1, 0.15) is 10.4 Å². The van der Waals surface area contributed by atoms with Gasteiger partial charge in [0.15, 0.2) is 11.0 Å². The fourth-order valence-electron chi connectivity index (χ4n) is 1.31. The van der Waals surface area contributed by atoms with E-state index in [4.69, 9.17) is 11.6 Å². The second-order valence-corrected chi connectivity index (χ2v) is 4.01. The van der Waals surface area contributed by atoms with Crippen LogP contribution in [-0.2, 0) is 0 Å². The molecular formula is C11H8ClN5O3. The fourth-order valence-corrected chi connectivity index (χ4v) is 1.41. The number of anilines is 1. The quantitative estimate of drug-likeness (QED) is 0.657. The summed E-state index contributed by atoms with van der Waals surface area (Å²) in [5, 5.41) is 18.0. The van der Waals surface area contributed by atoms with Gasteiger partial charge in [0.25, 0.3) is 11.6 Å². The third kappa shape index (κ3) is 3.39. The van der Waals surface area contributed by atoms with Crippen LogP contribution in [0.3, 0.4) is 0 Å². The van der Waals surface area contributed by atoms with E-state index in [0.717, 1.165) is 0 Å². The summed E-state index contributed by atoms with van der Waals surface area (Å²) in [6.45, 7) is 0. The fraction of sp³-hybridized carbons (Fsp3) is 0. The van der Waals surface area contributed by atoms with Crippen molar-refractivity contribution in [1.29, 1.82) is 0 Å². The molecule has 0 spiro atoms. The van der Waals surface area contributed by atoms with Gasteiger partial charge in [-0.25, -0.2) is 0 Å². The molecule has 1 heterocycles. The summed E-state index contributed by atoms with van der Waals surface area (Å²) < 4.78 is 0. The molecule has 0 saturated carbocycles. The predicted molar refractivity (Wildman–Crippen MR) is 71.2 cm³/mol. The highest BCUT2D eigenvalue weighted by Gasteiger charge is 2.09. The number of nitrogens with zero attached hydrogens (tertiary/aromatic N) is 3. The molecule has 1 aromatic heterocycles. The lowest BCUT2D eigenvalue weighted by Gasteiger charge is -2.06. The standard InChI is InChI=1S/C11H8ClN5O3/c12-9-5-6-10(14-13-9)15-16-11(18)7-1-3-8(4-2-7)17(19)20/h1-6H,(H,14,15)(H,16,18). The third-order valence-corrected chi connectivity index (χ3v) is 2.48. The smallest absolute Gasteiger partial charge is 0.269 e. The molecule has 1 amide bonds. The van der Waals surface area contributed by atoms with Crippen LogP contribution in [0.15, 0.2) is 36.4 Å². The maximum absolute atomic E-state index is 11.7. The number of rotatable bonds is 4. The molecule has 0 atom stereocenters. The van der Waals surface area contributed by atoms with Crippen LogP contribution in [-0.4, -0.2) is 21.0 Å². The third-order valence-electron chi connectivity index (χ3n) is 2.28. The summed E-state index contributed by atoms with van der Waals surface area (Å²) >= 11 is 5.57. The van der Waals surface area contributed by atoms with Gasteiger partial charge < -0.3 is 0 Å². The van der Waals surface area contributed by atoms with Crippen molar-refractivity contribution in [2.45, 2.75) is 0 Å². The molecule has 8 nitrogen and oxygen atoms in total. The first kappa shape index (κ1) is 13.7. The molecule has 1 aromatic carbocycles. The van der Waals surface area contributed by atoms with Crippen molar-refractivity contribution in [3.8, 4) is 0 Å². The van der Waals surface area contributed by atoms with Crippen LogP contribution < -0.4 is 10.9 Å². The number of carbonyl (C=O) groups is 1. The van der Waals surface area contributed by atoms with Crippen LogP contribution in [0.5, 0.6) is 0 Å². The summed E-state index contributed by atoms with van der Waals surface area (Å²) in [7, 11) is 0. The Kier molecular flexibility index (Phi) is 4.06. The lowest BCUT2D eigenvalue weighted by molar-refractivity contribution is -0.384. The Morgan fingerprint density at radius 1 is 1.15 bits per heavy atom. The number of hydrogen-bond acceptors (Lipinski definition) is 6. The van der Waals surface area contributed by atoms with E-state index >= 15 is 0 Å². The molecule has 0 aliphatic rings. The van der Waals surface area contributed by atoms with Gasteiger partial charge in [-0.05, 0) is 24.3 Å². The van der Waals surface area contributed by atoms with Crippen molar-refractivity contribution in [1.82, 2.24) is 15.6 Å². The van der Waals surface area contributed by atoms with E-state index < -0.39 is 10.8 Å². The molecule has 20 heavy (non-hydrogen) atoms. The molecule has 2 N–H and O–H groups in total. The number of benzene rings is 1. The molecule has 0 unspecified atom stereocenters. The zero-order chi connectivity index (χ0) is 14.5. The lowest BCUT2D eigenvalue weighted by atomic mass is 10.2. The van der Waals surface area contributed by atoms with Gasteiger partial charge in [-0.15, -0.1) is 10.2 Å². The van der Waals surface area contributed by atoms with Crippen molar-refractivity contribution in [2.24, 2.45) is 0 Å². The van der Waals surface area contributed by atoms with Gasteiger partial charge in [0, 0.05) is 17.7 Å². The van der Waals surface area contributed by atoms with E-state index in [1.54, 1.807) is 0 Å². The molecule has 0 saturated heterocycles. The number of hydrogen-bond donors (Lipinski definition) is 2. The Morgan fingerprint density at radius 3 is 2.40 bits per heavy atom. The van der Waals surface area contributed by atoms with Crippen molar-refractivity contribution >= 4 is 29.0 Å². The summed E-state index contributed by atoms with van der Waals surface area (Å²) in [4.78, 5) is 21.7. The first-order valence-electron chi connectivity index (χ1n) is 5.36. The summed E-state index contributed by atoms with van der Waals surface area (Å²) in [6.07, 6.45) is 0. The number of non-ortho nitro benzene ring substituents is 1. The van der Waals surface area contributed by atoms with E-state index in [1.807, 2.05) is 0 Å². The summed E-state index contributed by atoms with van der Waals surface area (Å²) in [6, 6.07) is 8.24. The number of nitro groups is 1. The largest absolute Gasteiger partial charge is 0.280 e. The first-order chi connectivity index (χ1) is 9.56. The van der Waals surface area contributed by atoms with Crippen molar-refractivity contribution < 1.29 is 9.72 Å². The Morgan fingerprint density at radius 2 is 1.85 bits per heavy atom. The molecular weight excluding hydrogens is 286 g/mol. The van der Waals surface area contributed by atoms with E-state index in [0.29, 0.717) is 5.82 Å². The minimum atomic E-state index is -0.538. The number of aromatic nitrogens is 2. The lowest BCUT2D eigenvalue weighted by Crippen LogP contribution is -2.29. The van der Waals surface area contributed by atoms with Gasteiger partial charge in [-0.3, -0.25) is 25.8 Å². The van der Waals surface area contributed by atoms with Crippen LogP contribution in [0.4, 0.5) is 11.5 Å². The minimum absolute atomic E-state index is 0.0851. The highest BCUT2D eigenvalue weighted by atomic mass is 35.5. The van der Waals surface area contributed by atoms with E-state index in [1.165, 1.54) is 36.4 Å². The molecule has 102 valence electrons. The van der Waals surface area contributed by atoms with Gasteiger partial charge in [0.1, 0.15) is 0 Å². The zero-order valence-electron chi connectivity index (χ0n) is 9.91. The number of halogens is 1. The average Bonchev–Trinajstić information content (AvgIpc) is 2.46. The highest BCUT2D eigenvalue weighted by Crippen LogP contribution is 2.12. The number of carbonyl (C=O) groups excluding carboxylic acids is 1. The van der Waals surface area contributed by atoms with Crippen molar-refractivity contribution in [2.75, 3.05) is 5.43 Å². The van der Waals surface area contributed by atoms with E-state index in [2.05, 4.69) is 21.0 Å². The Labute approximate surface area is 117 Å². The number of amides is 1. The number of nitrogens with one attached hydrogen (secondary N) is 2. The van der Waals surface area contributed by atoms with Gasteiger partial charge in [-0.2, -0.15) is 0 Å². The van der Waals surface area contributed by atoms with Crippen molar-refractivity contribution in [3.05, 3.63) is 57.2 Å². The monoisotopic (exact) mass is 293 g/mol. The predicted octanol–water partition coefficient (Wildman–Crippen LogP) is 1.80. The van der Waals surface area contributed by atoms with E-state index in [-0.39, 0.29) is 16.4 Å². The second-order valence-electron chi connectivity index (χ2n) is 3.62. The molecule has 9 heteroatoms. The van der Waals surface area contributed by atoms with Crippen LogP contribution in [0.25, 0.3) is 0 Å². The topological polar surface area (TPSA) is 110 Å². The maximum Gasteiger partial charge on any atom is 0.269 e. The van der Waals surface area contributed by atoms with Crippen LogP contribution >= 0.6 is 11.6 Å². The Hall–Kier alpha value is -2.74. The molecule has 2 aromatic rings. The SMILES string of the molecule is O=C(NNc1ccc(Cl)nn1)c1ccc([N+](=O)[O-])cc1. The second kappa shape index (κ2) is 5.93. The highest BCUT2D eigenvalue weighted by molar-refractivity contribution is 6.29. The maximum atomic E-state index is 11.7. The molecule has 0 fully saturated rings. The van der Waals surface area contributed by atoms with Crippen LogP contribution in [0.2, 0.25) is 5.15 Å². The van der Waals surface area contributed by atoms with Crippen molar-refractivity contribution in [3.63, 3.8) is 0 Å².